The van der Waals surface area contributed by atoms with Gasteiger partial charge < -0.3 is 10.1 Å². The molecule has 20 heavy (non-hydrogen) atoms. The maximum absolute atomic E-state index is 5.09. The molecule has 0 spiro atoms. The molecule has 3 nitrogen and oxygen atoms in total. The van der Waals surface area contributed by atoms with Gasteiger partial charge in [-0.05, 0) is 29.7 Å². The number of benzene rings is 1. The van der Waals surface area contributed by atoms with E-state index in [4.69, 9.17) is 4.74 Å². The van der Waals surface area contributed by atoms with E-state index in [1.807, 2.05) is 18.3 Å². The van der Waals surface area contributed by atoms with Crippen molar-refractivity contribution < 1.29 is 4.74 Å². The van der Waals surface area contributed by atoms with Gasteiger partial charge in [-0.3, -0.25) is 0 Å². The summed E-state index contributed by atoms with van der Waals surface area (Å²) in [5, 5.41) is 3.43. The number of aromatic nitrogens is 1. The molecule has 2 aromatic rings. The van der Waals surface area contributed by atoms with Crippen LogP contribution in [0, 0.1) is 6.92 Å². The standard InChI is InChI=1S/C17H22N2O/c1-12(2)18-10-14-5-7-16(13(3)9-14)15-6-8-17(20-4)19-11-15/h5-9,11-12,18H,10H2,1-4H3. The molecule has 0 saturated carbocycles. The molecule has 1 heterocycles. The van der Waals surface area contributed by atoms with Gasteiger partial charge in [0.2, 0.25) is 5.88 Å². The molecule has 0 radical (unpaired) electrons. The number of nitrogens with one attached hydrogen (secondary N) is 1. The van der Waals surface area contributed by atoms with Crippen LogP contribution >= 0.6 is 0 Å². The van der Waals surface area contributed by atoms with E-state index in [9.17, 15) is 0 Å². The molecule has 106 valence electrons. The topological polar surface area (TPSA) is 34.1 Å². The number of hydrogen-bond acceptors (Lipinski definition) is 3. The van der Waals surface area contributed by atoms with E-state index in [1.165, 1.54) is 16.7 Å². The summed E-state index contributed by atoms with van der Waals surface area (Å²) in [7, 11) is 1.63. The van der Waals surface area contributed by atoms with Crippen LogP contribution in [0.3, 0.4) is 0 Å². The van der Waals surface area contributed by atoms with Crippen molar-refractivity contribution in [3.05, 3.63) is 47.7 Å². The Morgan fingerprint density at radius 2 is 2.00 bits per heavy atom. The Bertz CT molecular complexity index is 562. The minimum Gasteiger partial charge on any atom is -0.481 e. The largest absolute Gasteiger partial charge is 0.481 e. The predicted octanol–water partition coefficient (Wildman–Crippen LogP) is 3.56. The number of aryl methyl sites for hydroxylation is 1. The smallest absolute Gasteiger partial charge is 0.212 e. The fourth-order valence-corrected chi connectivity index (χ4v) is 2.14. The fourth-order valence-electron chi connectivity index (χ4n) is 2.14. The van der Waals surface area contributed by atoms with E-state index in [0.717, 1.165) is 12.1 Å². The van der Waals surface area contributed by atoms with Crippen molar-refractivity contribution in [2.75, 3.05) is 7.11 Å². The zero-order valence-corrected chi connectivity index (χ0v) is 12.6. The zero-order chi connectivity index (χ0) is 14.5. The Morgan fingerprint density at radius 1 is 1.20 bits per heavy atom. The summed E-state index contributed by atoms with van der Waals surface area (Å²) < 4.78 is 5.09. The summed E-state index contributed by atoms with van der Waals surface area (Å²) >= 11 is 0. The Balaban J connectivity index is 2.20. The fraction of sp³-hybridized carbons (Fsp3) is 0.353. The molecule has 0 aliphatic rings. The van der Waals surface area contributed by atoms with Crippen molar-refractivity contribution in [2.24, 2.45) is 0 Å². The number of rotatable bonds is 5. The Kier molecular flexibility index (Phi) is 4.74. The van der Waals surface area contributed by atoms with Gasteiger partial charge in [0.15, 0.2) is 0 Å². The van der Waals surface area contributed by atoms with Gasteiger partial charge >= 0.3 is 0 Å². The van der Waals surface area contributed by atoms with Crippen LogP contribution in [0.15, 0.2) is 36.5 Å². The quantitative estimate of drug-likeness (QED) is 0.902. The van der Waals surface area contributed by atoms with E-state index >= 15 is 0 Å². The first-order valence-corrected chi connectivity index (χ1v) is 6.93. The first-order valence-electron chi connectivity index (χ1n) is 6.93. The van der Waals surface area contributed by atoms with Crippen molar-refractivity contribution in [3.8, 4) is 17.0 Å². The minimum absolute atomic E-state index is 0.501. The number of methoxy groups -OCH3 is 1. The molecule has 3 heteroatoms. The highest BCUT2D eigenvalue weighted by molar-refractivity contribution is 5.67. The molecule has 0 unspecified atom stereocenters. The van der Waals surface area contributed by atoms with Crippen molar-refractivity contribution in [1.29, 1.82) is 0 Å². The summed E-state index contributed by atoms with van der Waals surface area (Å²) in [5.41, 5.74) is 4.90. The van der Waals surface area contributed by atoms with E-state index in [2.05, 4.69) is 49.3 Å². The lowest BCUT2D eigenvalue weighted by Crippen LogP contribution is -2.21. The van der Waals surface area contributed by atoms with Gasteiger partial charge in [0, 0.05) is 30.4 Å². The SMILES string of the molecule is COc1ccc(-c2ccc(CNC(C)C)cc2C)cn1. The van der Waals surface area contributed by atoms with E-state index in [1.54, 1.807) is 7.11 Å². The second-order valence-electron chi connectivity index (χ2n) is 5.27. The van der Waals surface area contributed by atoms with E-state index in [0.29, 0.717) is 11.9 Å². The lowest BCUT2D eigenvalue weighted by Gasteiger charge is -2.11. The van der Waals surface area contributed by atoms with Crippen molar-refractivity contribution in [3.63, 3.8) is 0 Å². The molecule has 1 aromatic heterocycles. The zero-order valence-electron chi connectivity index (χ0n) is 12.6. The number of nitrogens with zero attached hydrogens (tertiary/aromatic N) is 1. The molecule has 0 saturated heterocycles. The molecule has 0 aliphatic heterocycles. The predicted molar refractivity (Wildman–Crippen MR) is 82.9 cm³/mol. The monoisotopic (exact) mass is 270 g/mol. The Morgan fingerprint density at radius 3 is 2.55 bits per heavy atom. The van der Waals surface area contributed by atoms with Crippen LogP contribution in [0.2, 0.25) is 0 Å². The molecule has 0 atom stereocenters. The van der Waals surface area contributed by atoms with Gasteiger partial charge in [-0.1, -0.05) is 32.0 Å². The Hall–Kier alpha value is -1.87. The van der Waals surface area contributed by atoms with Crippen LogP contribution in [0.4, 0.5) is 0 Å². The van der Waals surface area contributed by atoms with Crippen LogP contribution < -0.4 is 10.1 Å². The van der Waals surface area contributed by atoms with Gasteiger partial charge in [0.1, 0.15) is 0 Å². The van der Waals surface area contributed by atoms with Gasteiger partial charge in [-0.15, -0.1) is 0 Å². The van der Waals surface area contributed by atoms with Gasteiger partial charge in [0.05, 0.1) is 7.11 Å². The first-order chi connectivity index (χ1) is 9.60. The van der Waals surface area contributed by atoms with Gasteiger partial charge in [-0.25, -0.2) is 4.98 Å². The van der Waals surface area contributed by atoms with Gasteiger partial charge in [0.25, 0.3) is 0 Å². The number of ether oxygens (including phenoxy) is 1. The third-order valence-corrected chi connectivity index (χ3v) is 3.26. The maximum Gasteiger partial charge on any atom is 0.212 e. The second kappa shape index (κ2) is 6.53. The molecule has 0 aliphatic carbocycles. The average Bonchev–Trinajstić information content (AvgIpc) is 2.45. The maximum atomic E-state index is 5.09. The first kappa shape index (κ1) is 14.5. The second-order valence-corrected chi connectivity index (χ2v) is 5.27. The van der Waals surface area contributed by atoms with Gasteiger partial charge in [-0.2, -0.15) is 0 Å². The summed E-state index contributed by atoms with van der Waals surface area (Å²) in [6.07, 6.45) is 1.85. The van der Waals surface area contributed by atoms with Crippen LogP contribution in [0.1, 0.15) is 25.0 Å². The third-order valence-electron chi connectivity index (χ3n) is 3.26. The summed E-state index contributed by atoms with van der Waals surface area (Å²) in [4.78, 5) is 4.26. The average molecular weight is 270 g/mol. The molecule has 0 fully saturated rings. The lowest BCUT2D eigenvalue weighted by atomic mass is 9.99. The number of hydrogen-bond donors (Lipinski definition) is 1. The summed E-state index contributed by atoms with van der Waals surface area (Å²) in [5.74, 6) is 0.643. The molecular weight excluding hydrogens is 248 g/mol. The summed E-state index contributed by atoms with van der Waals surface area (Å²) in [6.45, 7) is 7.35. The molecule has 0 bridgehead atoms. The van der Waals surface area contributed by atoms with Crippen molar-refractivity contribution >= 4 is 0 Å². The molecule has 1 aromatic carbocycles. The molecular formula is C17H22N2O. The molecule has 2 rings (SSSR count). The highest BCUT2D eigenvalue weighted by Gasteiger charge is 2.04. The van der Waals surface area contributed by atoms with E-state index in [-0.39, 0.29) is 0 Å². The van der Waals surface area contributed by atoms with Crippen LogP contribution in [-0.4, -0.2) is 18.1 Å². The number of pyridine rings is 1. The van der Waals surface area contributed by atoms with Crippen LogP contribution in [0.25, 0.3) is 11.1 Å². The summed E-state index contributed by atoms with van der Waals surface area (Å²) in [6, 6.07) is 11.0. The van der Waals surface area contributed by atoms with Crippen LogP contribution in [-0.2, 0) is 6.54 Å². The van der Waals surface area contributed by atoms with Crippen molar-refractivity contribution in [1.82, 2.24) is 10.3 Å². The van der Waals surface area contributed by atoms with Crippen molar-refractivity contribution in [2.45, 2.75) is 33.4 Å². The molecule has 0 amide bonds. The normalized spacial score (nSPS) is 10.8. The lowest BCUT2D eigenvalue weighted by molar-refractivity contribution is 0.398. The highest BCUT2D eigenvalue weighted by atomic mass is 16.5. The third kappa shape index (κ3) is 3.58. The van der Waals surface area contributed by atoms with E-state index < -0.39 is 0 Å². The minimum atomic E-state index is 0.501. The molecule has 1 N–H and O–H groups in total. The Labute approximate surface area is 121 Å². The van der Waals surface area contributed by atoms with Crippen LogP contribution in [0.5, 0.6) is 5.88 Å². The highest BCUT2D eigenvalue weighted by Crippen LogP contribution is 2.24.